The highest BCUT2D eigenvalue weighted by Gasteiger charge is 2.15. The summed E-state index contributed by atoms with van der Waals surface area (Å²) in [7, 11) is 0. The van der Waals surface area contributed by atoms with Crippen LogP contribution in [0.25, 0.3) is 0 Å². The first kappa shape index (κ1) is 15.4. The zero-order chi connectivity index (χ0) is 11.8. The first-order valence-electron chi connectivity index (χ1n) is 4.86. The summed E-state index contributed by atoms with van der Waals surface area (Å²) in [5.41, 5.74) is 4.80. The molecule has 0 spiro atoms. The molecule has 0 aromatic carbocycles. The van der Waals surface area contributed by atoms with Gasteiger partial charge in [0.05, 0.1) is 6.54 Å². The monoisotopic (exact) mass is 202 g/mol. The molecule has 0 bridgehead atoms. The number of carbonyl (C=O) groups excluding carboxylic acids is 2. The van der Waals surface area contributed by atoms with Crippen molar-refractivity contribution < 1.29 is 9.59 Å². The summed E-state index contributed by atoms with van der Waals surface area (Å²) in [5, 5.41) is 2.43. The number of carbonyl (C=O) groups is 2. The van der Waals surface area contributed by atoms with Crippen molar-refractivity contribution in [2.24, 2.45) is 11.1 Å². The molecule has 3 N–H and O–H groups in total. The van der Waals surface area contributed by atoms with Gasteiger partial charge in [-0.05, 0) is 5.41 Å². The molecule has 0 aliphatic heterocycles. The molecule has 0 saturated carbocycles. The Labute approximate surface area is 86.2 Å². The maximum absolute atomic E-state index is 11.0. The summed E-state index contributed by atoms with van der Waals surface area (Å²) in [4.78, 5) is 21.3. The number of hydrogen-bond donors (Lipinski definition) is 2. The lowest BCUT2D eigenvalue weighted by Crippen LogP contribution is -2.35. The Morgan fingerprint density at radius 2 is 1.64 bits per heavy atom. The van der Waals surface area contributed by atoms with Crippen LogP contribution < -0.4 is 11.1 Å². The van der Waals surface area contributed by atoms with Crippen molar-refractivity contribution in [2.45, 2.75) is 41.0 Å². The van der Waals surface area contributed by atoms with Crippen LogP contribution in [0, 0.1) is 5.41 Å². The lowest BCUT2D eigenvalue weighted by Gasteiger charge is -2.16. The highest BCUT2D eigenvalue weighted by molar-refractivity contribution is 5.83. The van der Waals surface area contributed by atoms with Crippen LogP contribution >= 0.6 is 0 Å². The molecule has 84 valence electrons. The van der Waals surface area contributed by atoms with Crippen LogP contribution in [0.2, 0.25) is 0 Å². The number of rotatable bonds is 3. The van der Waals surface area contributed by atoms with Crippen molar-refractivity contribution in [2.75, 3.05) is 6.54 Å². The smallest absolute Gasteiger partial charge is 0.236 e. The molecule has 0 aromatic heterocycles. The summed E-state index contributed by atoms with van der Waals surface area (Å²) in [6, 6.07) is 0. The zero-order valence-corrected chi connectivity index (χ0v) is 9.81. The molecule has 4 nitrogen and oxygen atoms in total. The third kappa shape index (κ3) is 13.5. The number of amides is 2. The standard InChI is InChI=1S/C8H16N2O2.C2H6/c1-8(2,3)4-7(12)10-5-6(9)11;1-2/h4-5H2,1-3H3,(H2,9,11)(H,10,12);1-2H3. The second-order valence-electron chi connectivity index (χ2n) is 3.98. The average molecular weight is 202 g/mol. The van der Waals surface area contributed by atoms with Gasteiger partial charge in [0.1, 0.15) is 0 Å². The quantitative estimate of drug-likeness (QED) is 0.718. The molecule has 0 radical (unpaired) electrons. The second kappa shape index (κ2) is 7.35. The van der Waals surface area contributed by atoms with Crippen LogP contribution in [0.4, 0.5) is 0 Å². The van der Waals surface area contributed by atoms with Crippen molar-refractivity contribution in [1.29, 1.82) is 0 Å². The number of hydrogen-bond acceptors (Lipinski definition) is 2. The lowest BCUT2D eigenvalue weighted by molar-refractivity contribution is -0.126. The third-order valence-corrected chi connectivity index (χ3v) is 1.15. The molecule has 0 aromatic rings. The van der Waals surface area contributed by atoms with Gasteiger partial charge in [-0.25, -0.2) is 0 Å². The second-order valence-corrected chi connectivity index (χ2v) is 3.98. The Hall–Kier alpha value is -1.06. The molecule has 14 heavy (non-hydrogen) atoms. The minimum Gasteiger partial charge on any atom is -0.368 e. The minimum atomic E-state index is -0.516. The number of primary amides is 1. The van der Waals surface area contributed by atoms with Crippen molar-refractivity contribution >= 4 is 11.8 Å². The molecule has 0 heterocycles. The Morgan fingerprint density at radius 1 is 1.21 bits per heavy atom. The largest absolute Gasteiger partial charge is 0.368 e. The van der Waals surface area contributed by atoms with E-state index >= 15 is 0 Å². The summed E-state index contributed by atoms with van der Waals surface area (Å²) in [6.45, 7) is 9.79. The third-order valence-electron chi connectivity index (χ3n) is 1.15. The van der Waals surface area contributed by atoms with Gasteiger partial charge in [0.25, 0.3) is 0 Å². The van der Waals surface area contributed by atoms with Gasteiger partial charge in [-0.3, -0.25) is 9.59 Å². The van der Waals surface area contributed by atoms with E-state index in [0.29, 0.717) is 6.42 Å². The van der Waals surface area contributed by atoms with E-state index in [0.717, 1.165) is 0 Å². The van der Waals surface area contributed by atoms with Gasteiger partial charge in [-0.1, -0.05) is 34.6 Å². The predicted molar refractivity (Wildman–Crippen MR) is 57.6 cm³/mol. The van der Waals surface area contributed by atoms with Crippen LogP contribution in [-0.4, -0.2) is 18.4 Å². The van der Waals surface area contributed by atoms with E-state index in [4.69, 9.17) is 5.73 Å². The molecule has 0 unspecified atom stereocenters. The highest BCUT2D eigenvalue weighted by Crippen LogP contribution is 2.17. The zero-order valence-electron chi connectivity index (χ0n) is 9.81. The maximum atomic E-state index is 11.0. The predicted octanol–water partition coefficient (Wildman–Crippen LogP) is 1.05. The summed E-state index contributed by atoms with van der Waals surface area (Å²) in [5.74, 6) is -0.654. The summed E-state index contributed by atoms with van der Waals surface area (Å²) in [6.07, 6.45) is 0.403. The molecule has 0 aliphatic rings. The molecular weight excluding hydrogens is 180 g/mol. The van der Waals surface area contributed by atoms with Gasteiger partial charge in [0.15, 0.2) is 0 Å². The van der Waals surface area contributed by atoms with Crippen molar-refractivity contribution in [3.8, 4) is 0 Å². The maximum Gasteiger partial charge on any atom is 0.236 e. The van der Waals surface area contributed by atoms with Crippen LogP contribution in [0.3, 0.4) is 0 Å². The van der Waals surface area contributed by atoms with Gasteiger partial charge >= 0.3 is 0 Å². The Bertz CT molecular complexity index is 183. The topological polar surface area (TPSA) is 72.2 Å². The van der Waals surface area contributed by atoms with Crippen molar-refractivity contribution in [3.63, 3.8) is 0 Å². The fraction of sp³-hybridized carbons (Fsp3) is 0.800. The molecule has 0 atom stereocenters. The van der Waals surface area contributed by atoms with Crippen molar-refractivity contribution in [3.05, 3.63) is 0 Å². The molecule has 4 heteroatoms. The van der Waals surface area contributed by atoms with Gasteiger partial charge < -0.3 is 11.1 Å². The van der Waals surface area contributed by atoms with Crippen LogP contribution in [0.15, 0.2) is 0 Å². The fourth-order valence-corrected chi connectivity index (χ4v) is 0.730. The van der Waals surface area contributed by atoms with Crippen LogP contribution in [0.5, 0.6) is 0 Å². The Kier molecular flexibility index (Phi) is 8.10. The summed E-state index contributed by atoms with van der Waals surface area (Å²) >= 11 is 0. The van der Waals surface area contributed by atoms with E-state index in [2.05, 4.69) is 5.32 Å². The van der Waals surface area contributed by atoms with E-state index in [1.165, 1.54) is 0 Å². The first-order valence-corrected chi connectivity index (χ1v) is 4.86. The molecule has 0 fully saturated rings. The van der Waals surface area contributed by atoms with E-state index in [1.54, 1.807) is 0 Å². The molecule has 0 saturated heterocycles. The lowest BCUT2D eigenvalue weighted by atomic mass is 9.92. The van der Waals surface area contributed by atoms with E-state index < -0.39 is 5.91 Å². The molecule has 0 rings (SSSR count). The van der Waals surface area contributed by atoms with Gasteiger partial charge in [0.2, 0.25) is 11.8 Å². The average Bonchev–Trinajstić information content (AvgIpc) is 2.02. The van der Waals surface area contributed by atoms with E-state index in [9.17, 15) is 9.59 Å². The van der Waals surface area contributed by atoms with Gasteiger partial charge in [-0.15, -0.1) is 0 Å². The number of nitrogens with two attached hydrogens (primary N) is 1. The molecule has 2 amide bonds. The van der Waals surface area contributed by atoms with Crippen LogP contribution in [0.1, 0.15) is 41.0 Å². The fourth-order valence-electron chi connectivity index (χ4n) is 0.730. The van der Waals surface area contributed by atoms with E-state index in [1.807, 2.05) is 34.6 Å². The Morgan fingerprint density at radius 3 is 1.93 bits per heavy atom. The van der Waals surface area contributed by atoms with E-state index in [-0.39, 0.29) is 17.9 Å². The SMILES string of the molecule is CC.CC(C)(C)CC(=O)NCC(N)=O. The minimum absolute atomic E-state index is 0.0538. The Balaban J connectivity index is 0. The van der Waals surface area contributed by atoms with Gasteiger partial charge in [0, 0.05) is 6.42 Å². The summed E-state index contributed by atoms with van der Waals surface area (Å²) < 4.78 is 0. The first-order chi connectivity index (χ1) is 6.31. The van der Waals surface area contributed by atoms with Gasteiger partial charge in [-0.2, -0.15) is 0 Å². The van der Waals surface area contributed by atoms with Crippen LogP contribution in [-0.2, 0) is 9.59 Å². The molecule has 0 aliphatic carbocycles. The normalized spacial score (nSPS) is 9.79. The van der Waals surface area contributed by atoms with Crippen molar-refractivity contribution in [1.82, 2.24) is 5.32 Å². The highest BCUT2D eigenvalue weighted by atomic mass is 16.2. The number of nitrogens with one attached hydrogen (secondary N) is 1. The molecular formula is C10H22N2O2.